The molecule has 1 amide bonds. The van der Waals surface area contributed by atoms with Gasteiger partial charge in [0.1, 0.15) is 17.2 Å². The number of hydrogen-bond acceptors (Lipinski definition) is 7. The molecule has 1 N–H and O–H groups in total. The van der Waals surface area contributed by atoms with E-state index in [1.165, 1.54) is 18.4 Å². The molecule has 0 radical (unpaired) electrons. The lowest BCUT2D eigenvalue weighted by Gasteiger charge is -2.36. The number of hydrogen-bond donors (Lipinski definition) is 1. The van der Waals surface area contributed by atoms with Gasteiger partial charge >= 0.3 is 6.09 Å². The fraction of sp³-hybridized carbons (Fsp3) is 0.542. The summed E-state index contributed by atoms with van der Waals surface area (Å²) in [6.07, 6.45) is 2.12. The SMILES string of the molecule is Cc1ccc(Nc2cc(N3CCCC3)nc(N3CCN(C(=O)OC(C)(C)C)CC3)n2)cc1. The molecule has 1 aromatic carbocycles. The van der Waals surface area contributed by atoms with Crippen molar-refractivity contribution < 1.29 is 9.53 Å². The zero-order valence-electron chi connectivity index (χ0n) is 19.6. The van der Waals surface area contributed by atoms with Gasteiger partial charge in [0.15, 0.2) is 0 Å². The maximum absolute atomic E-state index is 12.4. The molecule has 8 nitrogen and oxygen atoms in total. The van der Waals surface area contributed by atoms with E-state index in [1.807, 2.05) is 26.8 Å². The quantitative estimate of drug-likeness (QED) is 0.767. The van der Waals surface area contributed by atoms with Crippen molar-refractivity contribution in [3.05, 3.63) is 35.9 Å². The summed E-state index contributed by atoms with van der Waals surface area (Å²) in [5.74, 6) is 2.44. The van der Waals surface area contributed by atoms with Gasteiger partial charge in [-0.2, -0.15) is 9.97 Å². The van der Waals surface area contributed by atoms with Crippen molar-refractivity contribution >= 4 is 29.4 Å². The number of aryl methyl sites for hydroxylation is 1. The Labute approximate surface area is 190 Å². The number of rotatable bonds is 4. The topological polar surface area (TPSA) is 73.8 Å². The lowest BCUT2D eigenvalue weighted by atomic mass is 10.2. The number of carbonyl (C=O) groups is 1. The highest BCUT2D eigenvalue weighted by Gasteiger charge is 2.27. The Balaban J connectivity index is 1.50. The van der Waals surface area contributed by atoms with Gasteiger partial charge < -0.3 is 24.8 Å². The third-order valence-corrected chi connectivity index (χ3v) is 5.67. The zero-order chi connectivity index (χ0) is 22.7. The van der Waals surface area contributed by atoms with Crippen molar-refractivity contribution in [2.24, 2.45) is 0 Å². The Morgan fingerprint density at radius 1 is 0.938 bits per heavy atom. The van der Waals surface area contributed by atoms with Crippen LogP contribution in [-0.2, 0) is 4.74 Å². The second-order valence-corrected chi connectivity index (χ2v) is 9.55. The number of aromatic nitrogens is 2. The van der Waals surface area contributed by atoms with Crippen molar-refractivity contribution in [3.8, 4) is 0 Å². The molecule has 2 fully saturated rings. The van der Waals surface area contributed by atoms with Crippen LogP contribution in [0.5, 0.6) is 0 Å². The van der Waals surface area contributed by atoms with Crippen LogP contribution in [-0.4, -0.2) is 65.8 Å². The average Bonchev–Trinajstić information content (AvgIpc) is 3.29. The minimum Gasteiger partial charge on any atom is -0.444 e. The molecule has 4 rings (SSSR count). The van der Waals surface area contributed by atoms with E-state index in [0.717, 1.165) is 30.4 Å². The summed E-state index contributed by atoms with van der Waals surface area (Å²) in [4.78, 5) is 28.3. The Bertz CT molecular complexity index is 926. The van der Waals surface area contributed by atoms with Crippen LogP contribution in [0.2, 0.25) is 0 Å². The lowest BCUT2D eigenvalue weighted by molar-refractivity contribution is 0.0240. The highest BCUT2D eigenvalue weighted by Crippen LogP contribution is 2.26. The Morgan fingerprint density at radius 3 is 2.22 bits per heavy atom. The van der Waals surface area contributed by atoms with E-state index in [9.17, 15) is 4.79 Å². The Kier molecular flexibility index (Phi) is 6.39. The van der Waals surface area contributed by atoms with Crippen LogP contribution < -0.4 is 15.1 Å². The second kappa shape index (κ2) is 9.22. The zero-order valence-corrected chi connectivity index (χ0v) is 19.6. The first-order valence-corrected chi connectivity index (χ1v) is 11.5. The number of ether oxygens (including phenoxy) is 1. The van der Waals surface area contributed by atoms with E-state index >= 15 is 0 Å². The molecule has 0 aliphatic carbocycles. The molecule has 0 unspecified atom stereocenters. The fourth-order valence-corrected chi connectivity index (χ4v) is 3.94. The summed E-state index contributed by atoms with van der Waals surface area (Å²) in [5, 5.41) is 3.44. The first kappa shape index (κ1) is 22.2. The molecule has 0 spiro atoms. The third-order valence-electron chi connectivity index (χ3n) is 5.67. The highest BCUT2D eigenvalue weighted by atomic mass is 16.6. The van der Waals surface area contributed by atoms with Gasteiger partial charge in [-0.3, -0.25) is 0 Å². The molecule has 1 aromatic heterocycles. The van der Waals surface area contributed by atoms with Gasteiger partial charge in [-0.1, -0.05) is 17.7 Å². The molecule has 0 saturated carbocycles. The number of piperazine rings is 1. The number of amides is 1. The van der Waals surface area contributed by atoms with Gasteiger partial charge in [0.2, 0.25) is 5.95 Å². The summed E-state index contributed by atoms with van der Waals surface area (Å²) < 4.78 is 5.52. The maximum Gasteiger partial charge on any atom is 0.410 e. The minimum absolute atomic E-state index is 0.259. The van der Waals surface area contributed by atoms with Crippen molar-refractivity contribution in [2.75, 3.05) is 54.4 Å². The first-order chi connectivity index (χ1) is 15.3. The van der Waals surface area contributed by atoms with Crippen LogP contribution >= 0.6 is 0 Å². The average molecular weight is 439 g/mol. The lowest BCUT2D eigenvalue weighted by Crippen LogP contribution is -2.50. The van der Waals surface area contributed by atoms with E-state index in [-0.39, 0.29) is 6.09 Å². The van der Waals surface area contributed by atoms with Crippen LogP contribution in [0.15, 0.2) is 30.3 Å². The summed E-state index contributed by atoms with van der Waals surface area (Å²) in [7, 11) is 0. The van der Waals surface area contributed by atoms with E-state index in [1.54, 1.807) is 4.90 Å². The molecule has 2 aliphatic heterocycles. The van der Waals surface area contributed by atoms with Crippen LogP contribution in [0.3, 0.4) is 0 Å². The number of anilines is 4. The van der Waals surface area contributed by atoms with E-state index in [0.29, 0.717) is 32.1 Å². The van der Waals surface area contributed by atoms with Gasteiger partial charge in [0.05, 0.1) is 0 Å². The molecule has 2 aromatic rings. The molecule has 8 heteroatoms. The molecule has 32 heavy (non-hydrogen) atoms. The van der Waals surface area contributed by atoms with Gasteiger partial charge in [-0.25, -0.2) is 4.79 Å². The van der Waals surface area contributed by atoms with Crippen molar-refractivity contribution in [3.63, 3.8) is 0 Å². The molecule has 2 saturated heterocycles. The number of nitrogens with one attached hydrogen (secondary N) is 1. The summed E-state index contributed by atoms with van der Waals surface area (Å²) >= 11 is 0. The largest absolute Gasteiger partial charge is 0.444 e. The van der Waals surface area contributed by atoms with Gasteiger partial charge in [0.25, 0.3) is 0 Å². The van der Waals surface area contributed by atoms with Crippen molar-refractivity contribution in [1.82, 2.24) is 14.9 Å². The molecule has 2 aliphatic rings. The normalized spacial score (nSPS) is 16.9. The second-order valence-electron chi connectivity index (χ2n) is 9.55. The first-order valence-electron chi connectivity index (χ1n) is 11.5. The number of benzene rings is 1. The summed E-state index contributed by atoms with van der Waals surface area (Å²) in [6, 6.07) is 10.3. The van der Waals surface area contributed by atoms with Gasteiger partial charge in [-0.15, -0.1) is 0 Å². The minimum atomic E-state index is -0.488. The molecular weight excluding hydrogens is 404 g/mol. The Hall–Kier alpha value is -3.03. The maximum atomic E-state index is 12.4. The number of carbonyl (C=O) groups excluding carboxylic acids is 1. The van der Waals surface area contributed by atoms with Crippen molar-refractivity contribution in [2.45, 2.75) is 46.1 Å². The smallest absolute Gasteiger partial charge is 0.410 e. The van der Waals surface area contributed by atoms with Crippen LogP contribution in [0.25, 0.3) is 0 Å². The molecule has 0 bridgehead atoms. The van der Waals surface area contributed by atoms with Crippen LogP contribution in [0, 0.1) is 6.92 Å². The third kappa shape index (κ3) is 5.60. The van der Waals surface area contributed by atoms with E-state index in [2.05, 4.69) is 46.3 Å². The molecule has 0 atom stereocenters. The summed E-state index contributed by atoms with van der Waals surface area (Å²) in [5.41, 5.74) is 1.74. The van der Waals surface area contributed by atoms with Crippen molar-refractivity contribution in [1.29, 1.82) is 0 Å². The van der Waals surface area contributed by atoms with E-state index in [4.69, 9.17) is 14.7 Å². The number of nitrogens with zero attached hydrogens (tertiary/aromatic N) is 5. The summed E-state index contributed by atoms with van der Waals surface area (Å²) in [6.45, 7) is 12.3. The standard InChI is InChI=1S/C24H34N6O2/c1-18-7-9-19(10-8-18)25-20-17-21(28-11-5-6-12-28)27-22(26-20)29-13-15-30(16-14-29)23(31)32-24(2,3)4/h7-10,17H,5-6,11-16H2,1-4H3,(H,25,26,27). The van der Waals surface area contributed by atoms with Crippen LogP contribution in [0.4, 0.5) is 28.1 Å². The molecular formula is C24H34N6O2. The molecule has 172 valence electrons. The predicted octanol–water partition coefficient (Wildman–Crippen LogP) is 4.19. The molecule has 3 heterocycles. The predicted molar refractivity (Wildman–Crippen MR) is 128 cm³/mol. The van der Waals surface area contributed by atoms with Gasteiger partial charge in [-0.05, 0) is 52.7 Å². The van der Waals surface area contributed by atoms with Crippen LogP contribution in [0.1, 0.15) is 39.2 Å². The van der Waals surface area contributed by atoms with Gasteiger partial charge in [0, 0.05) is 51.0 Å². The highest BCUT2D eigenvalue weighted by molar-refractivity contribution is 5.68. The van der Waals surface area contributed by atoms with E-state index < -0.39 is 5.60 Å². The fourth-order valence-electron chi connectivity index (χ4n) is 3.94. The Morgan fingerprint density at radius 2 is 1.59 bits per heavy atom. The monoisotopic (exact) mass is 438 g/mol.